The van der Waals surface area contributed by atoms with E-state index in [-0.39, 0.29) is 11.5 Å². The molecule has 0 aliphatic carbocycles. The number of hydrogen-bond acceptors (Lipinski definition) is 1. The standard InChI is InChI=1S/C15H24O/c1-11-6-7-13(12(2)10-11)8-9-14(16)15(3,4)5/h6-7,10,14,16H,8-9H2,1-5H3. The summed E-state index contributed by atoms with van der Waals surface area (Å²) >= 11 is 0. The van der Waals surface area contributed by atoms with Gasteiger partial charge in [-0.15, -0.1) is 0 Å². The molecule has 0 aliphatic heterocycles. The zero-order valence-corrected chi connectivity index (χ0v) is 11.2. The highest BCUT2D eigenvalue weighted by atomic mass is 16.3. The van der Waals surface area contributed by atoms with E-state index in [0.29, 0.717) is 0 Å². The first-order valence-corrected chi connectivity index (χ1v) is 6.05. The Kier molecular flexibility index (Phi) is 4.15. The molecule has 0 saturated heterocycles. The zero-order chi connectivity index (χ0) is 12.3. The Morgan fingerprint density at radius 2 is 1.81 bits per heavy atom. The SMILES string of the molecule is Cc1ccc(CCC(O)C(C)(C)C)c(C)c1. The average molecular weight is 220 g/mol. The van der Waals surface area contributed by atoms with Gasteiger partial charge in [0, 0.05) is 0 Å². The van der Waals surface area contributed by atoms with Crippen LogP contribution in [-0.4, -0.2) is 11.2 Å². The molecule has 1 atom stereocenters. The van der Waals surface area contributed by atoms with Gasteiger partial charge in [0.1, 0.15) is 0 Å². The fraction of sp³-hybridized carbons (Fsp3) is 0.600. The second-order valence-electron chi connectivity index (χ2n) is 5.85. The van der Waals surface area contributed by atoms with Crippen molar-refractivity contribution in [2.45, 2.75) is 53.6 Å². The minimum absolute atomic E-state index is 0.0153. The van der Waals surface area contributed by atoms with Crippen molar-refractivity contribution in [3.8, 4) is 0 Å². The van der Waals surface area contributed by atoms with Crippen molar-refractivity contribution in [3.63, 3.8) is 0 Å². The molecule has 0 aromatic heterocycles. The fourth-order valence-corrected chi connectivity index (χ4v) is 1.85. The maximum Gasteiger partial charge on any atom is 0.0591 e. The smallest absolute Gasteiger partial charge is 0.0591 e. The molecule has 1 aromatic carbocycles. The van der Waals surface area contributed by atoms with Crippen LogP contribution in [0.1, 0.15) is 43.9 Å². The Bertz CT molecular complexity index is 347. The first-order valence-electron chi connectivity index (χ1n) is 6.05. The van der Waals surface area contributed by atoms with Gasteiger partial charge in [-0.2, -0.15) is 0 Å². The molecule has 1 unspecified atom stereocenters. The lowest BCUT2D eigenvalue weighted by atomic mass is 9.85. The van der Waals surface area contributed by atoms with E-state index >= 15 is 0 Å². The van der Waals surface area contributed by atoms with E-state index in [1.165, 1.54) is 16.7 Å². The van der Waals surface area contributed by atoms with Crippen molar-refractivity contribution in [3.05, 3.63) is 34.9 Å². The van der Waals surface area contributed by atoms with Gasteiger partial charge in [0.2, 0.25) is 0 Å². The van der Waals surface area contributed by atoms with Gasteiger partial charge in [0.25, 0.3) is 0 Å². The van der Waals surface area contributed by atoms with Crippen molar-refractivity contribution in [1.82, 2.24) is 0 Å². The second kappa shape index (κ2) is 5.01. The van der Waals surface area contributed by atoms with E-state index in [2.05, 4.69) is 52.8 Å². The summed E-state index contributed by atoms with van der Waals surface area (Å²) in [6.45, 7) is 10.5. The number of aryl methyl sites for hydroxylation is 3. The van der Waals surface area contributed by atoms with Crippen molar-refractivity contribution in [2.24, 2.45) is 5.41 Å². The summed E-state index contributed by atoms with van der Waals surface area (Å²) in [5.74, 6) is 0. The van der Waals surface area contributed by atoms with Gasteiger partial charge in [0.15, 0.2) is 0 Å². The number of benzene rings is 1. The lowest BCUT2D eigenvalue weighted by Crippen LogP contribution is -2.26. The average Bonchev–Trinajstić information content (AvgIpc) is 2.14. The van der Waals surface area contributed by atoms with Gasteiger partial charge in [0.05, 0.1) is 6.10 Å². The highest BCUT2D eigenvalue weighted by Crippen LogP contribution is 2.23. The molecule has 1 nitrogen and oxygen atoms in total. The first-order chi connectivity index (χ1) is 7.30. The maximum atomic E-state index is 9.99. The Labute approximate surface area is 99.5 Å². The molecule has 0 spiro atoms. The molecular formula is C15H24O. The number of aliphatic hydroxyl groups excluding tert-OH is 1. The Morgan fingerprint density at radius 1 is 1.19 bits per heavy atom. The van der Waals surface area contributed by atoms with Gasteiger partial charge in [-0.1, -0.05) is 44.5 Å². The normalized spacial score (nSPS) is 13.9. The van der Waals surface area contributed by atoms with Gasteiger partial charge >= 0.3 is 0 Å². The summed E-state index contributed by atoms with van der Waals surface area (Å²) in [5.41, 5.74) is 3.98. The van der Waals surface area contributed by atoms with Gasteiger partial charge in [-0.3, -0.25) is 0 Å². The highest BCUT2D eigenvalue weighted by Gasteiger charge is 2.21. The van der Waals surface area contributed by atoms with Crippen LogP contribution in [0.5, 0.6) is 0 Å². The summed E-state index contributed by atoms with van der Waals surface area (Å²) in [5, 5.41) is 9.99. The van der Waals surface area contributed by atoms with E-state index in [9.17, 15) is 5.11 Å². The van der Waals surface area contributed by atoms with Crippen LogP contribution in [-0.2, 0) is 6.42 Å². The van der Waals surface area contributed by atoms with E-state index in [4.69, 9.17) is 0 Å². The Morgan fingerprint density at radius 3 is 2.31 bits per heavy atom. The van der Waals surface area contributed by atoms with Crippen LogP contribution in [0.3, 0.4) is 0 Å². The number of aliphatic hydroxyl groups is 1. The summed E-state index contributed by atoms with van der Waals surface area (Å²) < 4.78 is 0. The molecule has 0 bridgehead atoms. The van der Waals surface area contributed by atoms with Gasteiger partial charge in [-0.25, -0.2) is 0 Å². The predicted octanol–water partition coefficient (Wildman–Crippen LogP) is 3.64. The van der Waals surface area contributed by atoms with Crippen molar-refractivity contribution in [2.75, 3.05) is 0 Å². The molecule has 90 valence electrons. The molecule has 0 aliphatic rings. The zero-order valence-electron chi connectivity index (χ0n) is 11.2. The van der Waals surface area contributed by atoms with Crippen molar-refractivity contribution >= 4 is 0 Å². The van der Waals surface area contributed by atoms with Gasteiger partial charge < -0.3 is 5.11 Å². The Balaban J connectivity index is 2.62. The van der Waals surface area contributed by atoms with Crippen LogP contribution in [0.25, 0.3) is 0 Å². The molecule has 1 heteroatoms. The second-order valence-corrected chi connectivity index (χ2v) is 5.85. The van der Waals surface area contributed by atoms with Crippen LogP contribution in [0.4, 0.5) is 0 Å². The van der Waals surface area contributed by atoms with Crippen LogP contribution in [0.2, 0.25) is 0 Å². The van der Waals surface area contributed by atoms with E-state index < -0.39 is 0 Å². The summed E-state index contributed by atoms with van der Waals surface area (Å²) in [6.07, 6.45) is 1.58. The van der Waals surface area contributed by atoms with Gasteiger partial charge in [-0.05, 0) is 43.2 Å². The molecular weight excluding hydrogens is 196 g/mol. The largest absolute Gasteiger partial charge is 0.393 e. The minimum atomic E-state index is -0.229. The molecule has 0 heterocycles. The van der Waals surface area contributed by atoms with Crippen molar-refractivity contribution < 1.29 is 5.11 Å². The maximum absolute atomic E-state index is 9.99. The predicted molar refractivity (Wildman–Crippen MR) is 69.7 cm³/mol. The van der Waals surface area contributed by atoms with E-state index in [1.807, 2.05) is 0 Å². The molecule has 1 aromatic rings. The molecule has 16 heavy (non-hydrogen) atoms. The summed E-state index contributed by atoms with van der Waals surface area (Å²) in [7, 11) is 0. The lowest BCUT2D eigenvalue weighted by molar-refractivity contribution is 0.0560. The third-order valence-electron chi connectivity index (χ3n) is 3.18. The fourth-order valence-electron chi connectivity index (χ4n) is 1.85. The quantitative estimate of drug-likeness (QED) is 0.824. The molecule has 0 saturated carbocycles. The first kappa shape index (κ1) is 13.2. The molecule has 0 amide bonds. The third kappa shape index (κ3) is 3.64. The molecule has 0 fully saturated rings. The van der Waals surface area contributed by atoms with Crippen LogP contribution >= 0.6 is 0 Å². The minimum Gasteiger partial charge on any atom is -0.393 e. The van der Waals surface area contributed by atoms with E-state index in [0.717, 1.165) is 12.8 Å². The molecule has 1 rings (SSSR count). The number of hydrogen-bond donors (Lipinski definition) is 1. The van der Waals surface area contributed by atoms with Crippen LogP contribution in [0.15, 0.2) is 18.2 Å². The monoisotopic (exact) mass is 220 g/mol. The van der Waals surface area contributed by atoms with Crippen molar-refractivity contribution in [1.29, 1.82) is 0 Å². The molecule has 1 N–H and O–H groups in total. The number of rotatable bonds is 3. The van der Waals surface area contributed by atoms with Crippen LogP contribution in [0, 0.1) is 19.3 Å². The summed E-state index contributed by atoms with van der Waals surface area (Å²) in [4.78, 5) is 0. The Hall–Kier alpha value is -0.820. The lowest BCUT2D eigenvalue weighted by Gasteiger charge is -2.26. The highest BCUT2D eigenvalue weighted by molar-refractivity contribution is 5.30. The molecule has 0 radical (unpaired) electrons. The van der Waals surface area contributed by atoms with Crippen LogP contribution < -0.4 is 0 Å². The summed E-state index contributed by atoms with van der Waals surface area (Å²) in [6, 6.07) is 6.53. The third-order valence-corrected chi connectivity index (χ3v) is 3.18. The topological polar surface area (TPSA) is 20.2 Å². The van der Waals surface area contributed by atoms with E-state index in [1.54, 1.807) is 0 Å².